The Morgan fingerprint density at radius 2 is 2.11 bits per heavy atom. The monoisotopic (exact) mass is 266 g/mol. The Bertz CT molecular complexity index is 539. The molecule has 1 aliphatic rings. The Kier molecular flexibility index (Phi) is 3.28. The van der Waals surface area contributed by atoms with Gasteiger partial charge >= 0.3 is 5.97 Å². The number of aromatic carboxylic acids is 1. The van der Waals surface area contributed by atoms with Crippen LogP contribution < -0.4 is 11.1 Å². The maximum absolute atomic E-state index is 13.5. The topological polar surface area (TPSA) is 92.4 Å². The van der Waals surface area contributed by atoms with E-state index >= 15 is 0 Å². The second kappa shape index (κ2) is 4.62. The lowest BCUT2D eigenvalue weighted by Gasteiger charge is -2.23. The molecule has 0 bridgehead atoms. The Morgan fingerprint density at radius 3 is 2.63 bits per heavy atom. The summed E-state index contributed by atoms with van der Waals surface area (Å²) in [6, 6.07) is 3.71. The second-order valence-corrected chi connectivity index (χ2v) is 4.98. The van der Waals surface area contributed by atoms with Crippen molar-refractivity contribution in [3.63, 3.8) is 0 Å². The minimum absolute atomic E-state index is 0.0742. The SMILES string of the molecule is CC(N)(C(=O)Nc1cccc(F)c1C(=O)O)C1CC1. The van der Waals surface area contributed by atoms with Gasteiger partial charge in [-0.05, 0) is 37.8 Å². The Labute approximate surface area is 109 Å². The molecule has 0 heterocycles. The summed E-state index contributed by atoms with van der Waals surface area (Å²) in [7, 11) is 0. The highest BCUT2D eigenvalue weighted by Gasteiger charge is 2.44. The average molecular weight is 266 g/mol. The first kappa shape index (κ1) is 13.5. The number of carbonyl (C=O) groups excluding carboxylic acids is 1. The van der Waals surface area contributed by atoms with Crippen LogP contribution in [0.25, 0.3) is 0 Å². The van der Waals surface area contributed by atoms with E-state index in [1.807, 2.05) is 0 Å². The molecule has 102 valence electrons. The van der Waals surface area contributed by atoms with E-state index in [0.717, 1.165) is 18.9 Å². The molecule has 5 nitrogen and oxygen atoms in total. The maximum Gasteiger partial charge on any atom is 0.340 e. The van der Waals surface area contributed by atoms with E-state index in [1.165, 1.54) is 12.1 Å². The number of hydrogen-bond acceptors (Lipinski definition) is 3. The third-order valence-electron chi connectivity index (χ3n) is 3.39. The minimum atomic E-state index is -1.43. The summed E-state index contributed by atoms with van der Waals surface area (Å²) in [6.07, 6.45) is 1.74. The van der Waals surface area contributed by atoms with Crippen molar-refractivity contribution in [3.05, 3.63) is 29.6 Å². The van der Waals surface area contributed by atoms with E-state index in [9.17, 15) is 14.0 Å². The molecule has 1 aliphatic carbocycles. The predicted molar refractivity (Wildman–Crippen MR) is 67.3 cm³/mol. The van der Waals surface area contributed by atoms with E-state index in [1.54, 1.807) is 6.92 Å². The van der Waals surface area contributed by atoms with Crippen molar-refractivity contribution in [2.24, 2.45) is 11.7 Å². The van der Waals surface area contributed by atoms with Crippen LogP contribution in [0.5, 0.6) is 0 Å². The number of halogens is 1. The van der Waals surface area contributed by atoms with E-state index < -0.39 is 28.8 Å². The first-order chi connectivity index (χ1) is 8.84. The van der Waals surface area contributed by atoms with E-state index in [4.69, 9.17) is 10.8 Å². The molecule has 1 fully saturated rings. The van der Waals surface area contributed by atoms with Crippen molar-refractivity contribution >= 4 is 17.6 Å². The lowest BCUT2D eigenvalue weighted by Crippen LogP contribution is -2.50. The standard InChI is InChI=1S/C13H15FN2O3/c1-13(15,7-5-6-7)12(19)16-9-4-2-3-8(14)10(9)11(17)18/h2-4,7H,5-6,15H2,1H3,(H,16,19)(H,17,18). The second-order valence-electron chi connectivity index (χ2n) is 4.98. The summed E-state index contributed by atoms with van der Waals surface area (Å²) in [5.41, 5.74) is 4.23. The van der Waals surface area contributed by atoms with Crippen LogP contribution in [0, 0.1) is 11.7 Å². The number of amides is 1. The van der Waals surface area contributed by atoms with Gasteiger partial charge in [-0.25, -0.2) is 9.18 Å². The molecular formula is C13H15FN2O3. The zero-order valence-corrected chi connectivity index (χ0v) is 10.4. The van der Waals surface area contributed by atoms with Crippen molar-refractivity contribution < 1.29 is 19.1 Å². The number of carboxylic acid groups (broad SMARTS) is 1. The number of carboxylic acids is 1. The normalized spacial score (nSPS) is 17.6. The maximum atomic E-state index is 13.5. The van der Waals surface area contributed by atoms with Gasteiger partial charge in [-0.1, -0.05) is 6.07 Å². The largest absolute Gasteiger partial charge is 0.478 e. The molecule has 1 saturated carbocycles. The summed E-state index contributed by atoms with van der Waals surface area (Å²) in [6.45, 7) is 1.60. The van der Waals surface area contributed by atoms with Gasteiger partial charge in [0.1, 0.15) is 11.4 Å². The highest BCUT2D eigenvalue weighted by molar-refractivity contribution is 6.03. The average Bonchev–Trinajstić information content (AvgIpc) is 3.12. The number of nitrogens with one attached hydrogen (secondary N) is 1. The van der Waals surface area contributed by atoms with Gasteiger partial charge in [-0.2, -0.15) is 0 Å². The molecule has 19 heavy (non-hydrogen) atoms. The number of anilines is 1. The van der Waals surface area contributed by atoms with Crippen LogP contribution in [0.2, 0.25) is 0 Å². The van der Waals surface area contributed by atoms with Crippen LogP contribution in [-0.2, 0) is 4.79 Å². The molecule has 0 aromatic heterocycles. The number of hydrogen-bond donors (Lipinski definition) is 3. The van der Waals surface area contributed by atoms with Crippen molar-refractivity contribution in [1.29, 1.82) is 0 Å². The van der Waals surface area contributed by atoms with Gasteiger partial charge in [0.05, 0.1) is 11.2 Å². The van der Waals surface area contributed by atoms with Gasteiger partial charge in [0.25, 0.3) is 0 Å². The van der Waals surface area contributed by atoms with Crippen molar-refractivity contribution in [2.45, 2.75) is 25.3 Å². The third kappa shape index (κ3) is 2.58. The lowest BCUT2D eigenvalue weighted by atomic mass is 9.96. The zero-order valence-electron chi connectivity index (χ0n) is 10.4. The van der Waals surface area contributed by atoms with Crippen molar-refractivity contribution in [1.82, 2.24) is 0 Å². The van der Waals surface area contributed by atoms with Crippen LogP contribution in [0.3, 0.4) is 0 Å². The van der Waals surface area contributed by atoms with Gasteiger partial charge < -0.3 is 16.2 Å². The predicted octanol–water partition coefficient (Wildman–Crippen LogP) is 1.59. The Morgan fingerprint density at radius 1 is 1.47 bits per heavy atom. The molecular weight excluding hydrogens is 251 g/mol. The molecule has 1 amide bonds. The number of nitrogens with two attached hydrogens (primary N) is 1. The summed E-state index contributed by atoms with van der Waals surface area (Å²) < 4.78 is 13.5. The van der Waals surface area contributed by atoms with Crippen LogP contribution in [0.4, 0.5) is 10.1 Å². The minimum Gasteiger partial charge on any atom is -0.478 e. The fourth-order valence-electron chi connectivity index (χ4n) is 1.97. The van der Waals surface area contributed by atoms with Gasteiger partial charge in [0, 0.05) is 0 Å². The highest BCUT2D eigenvalue weighted by atomic mass is 19.1. The molecule has 4 N–H and O–H groups in total. The molecule has 1 aromatic carbocycles. The molecule has 2 rings (SSSR count). The van der Waals surface area contributed by atoms with Gasteiger partial charge in [-0.15, -0.1) is 0 Å². The Hall–Kier alpha value is -1.95. The fraction of sp³-hybridized carbons (Fsp3) is 0.385. The molecule has 6 heteroatoms. The quantitative estimate of drug-likeness (QED) is 0.771. The van der Waals surface area contributed by atoms with Gasteiger partial charge in [-0.3, -0.25) is 4.79 Å². The smallest absolute Gasteiger partial charge is 0.340 e. The van der Waals surface area contributed by atoms with E-state index in [-0.39, 0.29) is 11.6 Å². The molecule has 0 saturated heterocycles. The molecule has 1 atom stereocenters. The fourth-order valence-corrected chi connectivity index (χ4v) is 1.97. The molecule has 0 aliphatic heterocycles. The summed E-state index contributed by atoms with van der Waals surface area (Å²) >= 11 is 0. The van der Waals surface area contributed by atoms with Crippen LogP contribution in [-0.4, -0.2) is 22.5 Å². The van der Waals surface area contributed by atoms with Crippen LogP contribution in [0.15, 0.2) is 18.2 Å². The van der Waals surface area contributed by atoms with Crippen LogP contribution >= 0.6 is 0 Å². The molecule has 0 spiro atoms. The van der Waals surface area contributed by atoms with E-state index in [0.29, 0.717) is 0 Å². The summed E-state index contributed by atoms with van der Waals surface area (Å²) in [5.74, 6) is -2.73. The first-order valence-electron chi connectivity index (χ1n) is 5.96. The summed E-state index contributed by atoms with van der Waals surface area (Å²) in [5, 5.41) is 11.4. The Balaban J connectivity index is 2.26. The number of rotatable bonds is 4. The third-order valence-corrected chi connectivity index (χ3v) is 3.39. The van der Waals surface area contributed by atoms with Crippen LogP contribution in [0.1, 0.15) is 30.1 Å². The number of carbonyl (C=O) groups is 2. The van der Waals surface area contributed by atoms with Gasteiger partial charge in [0.2, 0.25) is 5.91 Å². The van der Waals surface area contributed by atoms with Crippen molar-refractivity contribution in [3.8, 4) is 0 Å². The molecule has 1 unspecified atom stereocenters. The zero-order chi connectivity index (χ0) is 14.2. The number of benzene rings is 1. The highest BCUT2D eigenvalue weighted by Crippen LogP contribution is 2.38. The summed E-state index contributed by atoms with van der Waals surface area (Å²) in [4.78, 5) is 23.0. The molecule has 1 aromatic rings. The lowest BCUT2D eigenvalue weighted by molar-refractivity contribution is -0.121. The molecule has 0 radical (unpaired) electrons. The van der Waals surface area contributed by atoms with Gasteiger partial charge in [0.15, 0.2) is 0 Å². The first-order valence-corrected chi connectivity index (χ1v) is 5.96. The van der Waals surface area contributed by atoms with E-state index in [2.05, 4.69) is 5.32 Å². The van der Waals surface area contributed by atoms with Crippen molar-refractivity contribution in [2.75, 3.05) is 5.32 Å².